The SMILES string of the molecule is CCC1CCC(NC(=O)Cc2ccc(F)cc2)(C(=O)O)CC1. The van der Waals surface area contributed by atoms with Crippen molar-refractivity contribution >= 4 is 11.9 Å². The van der Waals surface area contributed by atoms with Gasteiger partial charge in [-0.2, -0.15) is 0 Å². The number of aliphatic carboxylic acids is 1. The van der Waals surface area contributed by atoms with Gasteiger partial charge in [0, 0.05) is 0 Å². The molecule has 1 saturated carbocycles. The quantitative estimate of drug-likeness (QED) is 0.879. The predicted octanol–water partition coefficient (Wildman–Crippen LogP) is 2.91. The van der Waals surface area contributed by atoms with E-state index in [2.05, 4.69) is 12.2 Å². The summed E-state index contributed by atoms with van der Waals surface area (Å²) in [6.07, 6.45) is 3.68. The molecule has 0 aromatic heterocycles. The van der Waals surface area contributed by atoms with Crippen LogP contribution >= 0.6 is 0 Å². The van der Waals surface area contributed by atoms with Crippen molar-refractivity contribution < 1.29 is 19.1 Å². The summed E-state index contributed by atoms with van der Waals surface area (Å²) in [6, 6.07) is 5.66. The smallest absolute Gasteiger partial charge is 0.329 e. The van der Waals surface area contributed by atoms with Crippen LogP contribution in [0.1, 0.15) is 44.6 Å². The van der Waals surface area contributed by atoms with Gasteiger partial charge in [0.1, 0.15) is 11.4 Å². The van der Waals surface area contributed by atoms with Crippen LogP contribution in [-0.4, -0.2) is 22.5 Å². The average molecular weight is 307 g/mol. The fourth-order valence-electron chi connectivity index (χ4n) is 3.07. The molecule has 0 bridgehead atoms. The van der Waals surface area contributed by atoms with Crippen molar-refractivity contribution in [3.8, 4) is 0 Å². The van der Waals surface area contributed by atoms with Gasteiger partial charge >= 0.3 is 5.97 Å². The number of rotatable bonds is 5. The Kier molecular flexibility index (Phi) is 5.16. The van der Waals surface area contributed by atoms with Crippen LogP contribution in [0.5, 0.6) is 0 Å². The van der Waals surface area contributed by atoms with E-state index in [1.807, 2.05) is 0 Å². The minimum atomic E-state index is -1.15. The fourth-order valence-corrected chi connectivity index (χ4v) is 3.07. The van der Waals surface area contributed by atoms with Crippen LogP contribution in [-0.2, 0) is 16.0 Å². The van der Waals surface area contributed by atoms with Crippen LogP contribution in [0.15, 0.2) is 24.3 Å². The van der Waals surface area contributed by atoms with E-state index in [1.165, 1.54) is 24.3 Å². The van der Waals surface area contributed by atoms with Crippen LogP contribution in [0, 0.1) is 11.7 Å². The molecule has 22 heavy (non-hydrogen) atoms. The molecule has 1 aliphatic rings. The molecule has 0 saturated heterocycles. The minimum absolute atomic E-state index is 0.0620. The van der Waals surface area contributed by atoms with Gasteiger partial charge in [-0.25, -0.2) is 9.18 Å². The summed E-state index contributed by atoms with van der Waals surface area (Å²) in [6.45, 7) is 2.10. The number of halogens is 1. The zero-order valence-corrected chi connectivity index (χ0v) is 12.8. The van der Waals surface area contributed by atoms with Crippen molar-refractivity contribution in [3.63, 3.8) is 0 Å². The highest BCUT2D eigenvalue weighted by Gasteiger charge is 2.42. The van der Waals surface area contributed by atoms with Gasteiger partial charge in [0.15, 0.2) is 0 Å². The second kappa shape index (κ2) is 6.90. The Morgan fingerprint density at radius 2 is 1.86 bits per heavy atom. The molecule has 4 nitrogen and oxygen atoms in total. The maximum absolute atomic E-state index is 12.9. The minimum Gasteiger partial charge on any atom is -0.480 e. The first-order valence-corrected chi connectivity index (χ1v) is 7.74. The largest absolute Gasteiger partial charge is 0.480 e. The Morgan fingerprint density at radius 3 is 2.36 bits per heavy atom. The molecular formula is C17H22FNO3. The van der Waals surface area contributed by atoms with Gasteiger partial charge in [-0.05, 0) is 49.3 Å². The molecule has 120 valence electrons. The van der Waals surface area contributed by atoms with E-state index in [9.17, 15) is 19.1 Å². The van der Waals surface area contributed by atoms with Gasteiger partial charge < -0.3 is 10.4 Å². The Hall–Kier alpha value is -1.91. The molecule has 1 aromatic carbocycles. The first-order chi connectivity index (χ1) is 10.4. The number of nitrogens with one attached hydrogen (secondary N) is 1. The summed E-state index contributed by atoms with van der Waals surface area (Å²) in [5, 5.41) is 12.2. The highest BCUT2D eigenvalue weighted by atomic mass is 19.1. The number of carbonyl (C=O) groups is 2. The van der Waals surface area contributed by atoms with Crippen molar-refractivity contribution in [3.05, 3.63) is 35.6 Å². The summed E-state index contributed by atoms with van der Waals surface area (Å²) >= 11 is 0. The lowest BCUT2D eigenvalue weighted by molar-refractivity contribution is -0.149. The molecule has 1 amide bonds. The van der Waals surface area contributed by atoms with Crippen molar-refractivity contribution in [2.24, 2.45) is 5.92 Å². The molecule has 0 radical (unpaired) electrons. The first-order valence-electron chi connectivity index (χ1n) is 7.74. The van der Waals surface area contributed by atoms with E-state index in [4.69, 9.17) is 0 Å². The predicted molar refractivity (Wildman–Crippen MR) is 80.9 cm³/mol. The third-order valence-corrected chi connectivity index (χ3v) is 4.60. The highest BCUT2D eigenvalue weighted by Crippen LogP contribution is 2.34. The molecule has 1 fully saturated rings. The van der Waals surface area contributed by atoms with Gasteiger partial charge in [-0.1, -0.05) is 25.5 Å². The van der Waals surface area contributed by atoms with Crippen LogP contribution in [0.2, 0.25) is 0 Å². The number of benzene rings is 1. The molecule has 2 rings (SSSR count). The molecule has 0 atom stereocenters. The summed E-state index contributed by atoms with van der Waals surface area (Å²) in [7, 11) is 0. The van der Waals surface area contributed by atoms with E-state index in [-0.39, 0.29) is 18.1 Å². The second-order valence-electron chi connectivity index (χ2n) is 6.09. The van der Waals surface area contributed by atoms with Crippen molar-refractivity contribution in [1.82, 2.24) is 5.32 Å². The van der Waals surface area contributed by atoms with Gasteiger partial charge in [-0.15, -0.1) is 0 Å². The highest BCUT2D eigenvalue weighted by molar-refractivity contribution is 5.88. The average Bonchev–Trinajstić information content (AvgIpc) is 2.50. The van der Waals surface area contributed by atoms with Gasteiger partial charge in [0.25, 0.3) is 0 Å². The molecule has 0 unspecified atom stereocenters. The number of amides is 1. The number of hydrogen-bond donors (Lipinski definition) is 2. The Labute approximate surface area is 129 Å². The van der Waals surface area contributed by atoms with E-state index >= 15 is 0 Å². The monoisotopic (exact) mass is 307 g/mol. The summed E-state index contributed by atoms with van der Waals surface area (Å²) in [5.74, 6) is -1.11. The van der Waals surface area contributed by atoms with Crippen molar-refractivity contribution in [2.75, 3.05) is 0 Å². The number of carbonyl (C=O) groups excluding carboxylic acids is 1. The zero-order valence-electron chi connectivity index (χ0n) is 12.8. The molecule has 1 aliphatic carbocycles. The summed E-state index contributed by atoms with van der Waals surface area (Å²) < 4.78 is 12.9. The van der Waals surface area contributed by atoms with Crippen LogP contribution in [0.25, 0.3) is 0 Å². The number of carboxylic acids is 1. The first kappa shape index (κ1) is 16.5. The van der Waals surface area contributed by atoms with Gasteiger partial charge in [0.2, 0.25) is 5.91 Å². The Balaban J connectivity index is 2.00. The molecule has 0 aliphatic heterocycles. The van der Waals surface area contributed by atoms with E-state index < -0.39 is 11.5 Å². The number of hydrogen-bond acceptors (Lipinski definition) is 2. The normalized spacial score (nSPS) is 24.7. The van der Waals surface area contributed by atoms with Crippen LogP contribution in [0.4, 0.5) is 4.39 Å². The van der Waals surface area contributed by atoms with Crippen LogP contribution in [0.3, 0.4) is 0 Å². The topological polar surface area (TPSA) is 66.4 Å². The lowest BCUT2D eigenvalue weighted by Gasteiger charge is -2.37. The van der Waals surface area contributed by atoms with Crippen molar-refractivity contribution in [1.29, 1.82) is 0 Å². The second-order valence-corrected chi connectivity index (χ2v) is 6.09. The molecular weight excluding hydrogens is 285 g/mol. The molecule has 0 heterocycles. The molecule has 2 N–H and O–H groups in total. The molecule has 0 spiro atoms. The van der Waals surface area contributed by atoms with E-state index in [1.54, 1.807) is 0 Å². The summed E-state index contributed by atoms with van der Waals surface area (Å²) in [5.41, 5.74) is -0.482. The lowest BCUT2D eigenvalue weighted by atomic mass is 9.75. The van der Waals surface area contributed by atoms with Gasteiger partial charge in [-0.3, -0.25) is 4.79 Å². The third kappa shape index (κ3) is 3.84. The van der Waals surface area contributed by atoms with E-state index in [0.717, 1.165) is 19.3 Å². The Morgan fingerprint density at radius 1 is 1.27 bits per heavy atom. The maximum atomic E-state index is 12.9. The van der Waals surface area contributed by atoms with E-state index in [0.29, 0.717) is 24.3 Å². The van der Waals surface area contributed by atoms with Gasteiger partial charge in [0.05, 0.1) is 6.42 Å². The maximum Gasteiger partial charge on any atom is 0.329 e. The van der Waals surface area contributed by atoms with Crippen molar-refractivity contribution in [2.45, 2.75) is 51.0 Å². The zero-order chi connectivity index (χ0) is 16.2. The molecule has 5 heteroatoms. The summed E-state index contributed by atoms with van der Waals surface area (Å²) in [4.78, 5) is 23.8. The fraction of sp³-hybridized carbons (Fsp3) is 0.529. The Bertz CT molecular complexity index is 533. The standard InChI is InChI=1S/C17H22FNO3/c1-2-12-7-9-17(10-8-12,16(21)22)19-15(20)11-13-3-5-14(18)6-4-13/h3-6,12H,2,7-11H2,1H3,(H,19,20)(H,21,22). The molecule has 1 aromatic rings. The van der Waals surface area contributed by atoms with Crippen LogP contribution < -0.4 is 5.32 Å². The third-order valence-electron chi connectivity index (χ3n) is 4.60. The lowest BCUT2D eigenvalue weighted by Crippen LogP contribution is -2.56. The number of carboxylic acid groups (broad SMARTS) is 1.